The molecule has 0 spiro atoms. The van der Waals surface area contributed by atoms with Crippen molar-refractivity contribution in [2.24, 2.45) is 10.9 Å². The highest BCUT2D eigenvalue weighted by Crippen LogP contribution is 2.26. The lowest BCUT2D eigenvalue weighted by Gasteiger charge is -2.36. The van der Waals surface area contributed by atoms with Crippen LogP contribution in [0.2, 0.25) is 0 Å². The summed E-state index contributed by atoms with van der Waals surface area (Å²) in [6, 6.07) is 0.518. The second-order valence-electron chi connectivity index (χ2n) is 5.68. The molecule has 5 nitrogen and oxygen atoms in total. The zero-order valence-corrected chi connectivity index (χ0v) is 12.5. The number of hydrogen-bond acceptors (Lipinski definition) is 5. The fraction of sp³-hybridized carbons (Fsp3) is 0.500. The molecule has 0 amide bonds. The van der Waals surface area contributed by atoms with Crippen LogP contribution in [0.4, 0.5) is 0 Å². The van der Waals surface area contributed by atoms with Gasteiger partial charge in [0.05, 0.1) is 13.2 Å². The molecule has 3 unspecified atom stereocenters. The van der Waals surface area contributed by atoms with Crippen molar-refractivity contribution in [2.45, 2.75) is 19.0 Å². The molecule has 1 aliphatic carbocycles. The number of carbonyl (C=O) groups is 1. The van der Waals surface area contributed by atoms with E-state index in [1.54, 1.807) is 6.08 Å². The summed E-state index contributed by atoms with van der Waals surface area (Å²) in [5, 5.41) is 3.45. The van der Waals surface area contributed by atoms with Gasteiger partial charge in [-0.05, 0) is 19.1 Å². The molecule has 1 N–H and O–H groups in total. The van der Waals surface area contributed by atoms with Crippen LogP contribution in [-0.4, -0.2) is 55.4 Å². The number of nitrogens with one attached hydrogen (secondary N) is 1. The fourth-order valence-electron chi connectivity index (χ4n) is 2.98. The third kappa shape index (κ3) is 2.93. The number of dihydropyridines is 1. The molecule has 1 fully saturated rings. The van der Waals surface area contributed by atoms with Gasteiger partial charge in [0.2, 0.25) is 0 Å². The molecule has 3 aliphatic rings. The molecule has 2 aliphatic heterocycles. The lowest BCUT2D eigenvalue weighted by atomic mass is 9.90. The maximum atomic E-state index is 11.5. The Morgan fingerprint density at radius 1 is 1.43 bits per heavy atom. The largest absolute Gasteiger partial charge is 0.464 e. The van der Waals surface area contributed by atoms with Crippen LogP contribution < -0.4 is 5.32 Å². The van der Waals surface area contributed by atoms with E-state index in [2.05, 4.69) is 40.4 Å². The first-order valence-electron chi connectivity index (χ1n) is 7.40. The summed E-state index contributed by atoms with van der Waals surface area (Å²) < 4.78 is 4.72. The standard InChI is InChI=1S/C16H21N3O2/c1-11-10-19(8-7-17-11)13-4-6-14-12(9-13)3-5-15(18-14)16(20)21-2/h3-6,9,11-12,14,17H,7-8,10H2,1-2H3. The normalized spacial score (nSPS) is 31.3. The number of aliphatic imine (C=N–C) groups is 1. The molecule has 21 heavy (non-hydrogen) atoms. The quantitative estimate of drug-likeness (QED) is 0.767. The average Bonchev–Trinajstić information content (AvgIpc) is 2.53. The van der Waals surface area contributed by atoms with Crippen LogP contribution in [0.3, 0.4) is 0 Å². The highest BCUT2D eigenvalue weighted by Gasteiger charge is 2.26. The smallest absolute Gasteiger partial charge is 0.356 e. The minimum Gasteiger partial charge on any atom is -0.464 e. The summed E-state index contributed by atoms with van der Waals surface area (Å²) in [7, 11) is 1.38. The first kappa shape index (κ1) is 14.1. The lowest BCUT2D eigenvalue weighted by Crippen LogP contribution is -2.48. The molecule has 5 heteroatoms. The molecule has 0 aromatic carbocycles. The molecule has 0 aromatic rings. The van der Waals surface area contributed by atoms with Crippen LogP contribution >= 0.6 is 0 Å². The van der Waals surface area contributed by atoms with Crippen LogP contribution in [0, 0.1) is 5.92 Å². The molecule has 1 saturated heterocycles. The van der Waals surface area contributed by atoms with Gasteiger partial charge >= 0.3 is 5.97 Å². The van der Waals surface area contributed by atoms with Gasteiger partial charge in [-0.15, -0.1) is 0 Å². The van der Waals surface area contributed by atoms with E-state index >= 15 is 0 Å². The van der Waals surface area contributed by atoms with Crippen molar-refractivity contribution in [1.29, 1.82) is 0 Å². The van der Waals surface area contributed by atoms with Gasteiger partial charge in [-0.3, -0.25) is 4.99 Å². The number of hydrogen-bond donors (Lipinski definition) is 1. The Balaban J connectivity index is 1.73. The van der Waals surface area contributed by atoms with Crippen LogP contribution in [0.25, 0.3) is 0 Å². The monoisotopic (exact) mass is 287 g/mol. The Morgan fingerprint density at radius 2 is 2.29 bits per heavy atom. The molecule has 112 valence electrons. The SMILES string of the molecule is COC(=O)C1=NC2C=CC(N3CCNC(C)C3)=CC2C=C1. The van der Waals surface area contributed by atoms with Crippen molar-refractivity contribution < 1.29 is 9.53 Å². The van der Waals surface area contributed by atoms with Crippen molar-refractivity contribution in [3.8, 4) is 0 Å². The van der Waals surface area contributed by atoms with E-state index < -0.39 is 0 Å². The van der Waals surface area contributed by atoms with Crippen molar-refractivity contribution in [1.82, 2.24) is 10.2 Å². The van der Waals surface area contributed by atoms with E-state index in [0.29, 0.717) is 11.8 Å². The van der Waals surface area contributed by atoms with Crippen LogP contribution in [0.5, 0.6) is 0 Å². The van der Waals surface area contributed by atoms with Gasteiger partial charge in [0, 0.05) is 37.3 Å². The maximum absolute atomic E-state index is 11.5. The number of nitrogens with zero attached hydrogens (tertiary/aromatic N) is 2. The number of rotatable bonds is 2. The van der Waals surface area contributed by atoms with Gasteiger partial charge in [0.25, 0.3) is 0 Å². The van der Waals surface area contributed by atoms with E-state index in [9.17, 15) is 4.79 Å². The predicted octanol–water partition coefficient (Wildman–Crippen LogP) is 0.902. The summed E-state index contributed by atoms with van der Waals surface area (Å²) in [5.74, 6) is -0.146. The van der Waals surface area contributed by atoms with E-state index in [4.69, 9.17) is 4.74 Å². The van der Waals surface area contributed by atoms with Gasteiger partial charge in [-0.25, -0.2) is 4.79 Å². The molecule has 0 saturated carbocycles. The fourth-order valence-corrected chi connectivity index (χ4v) is 2.98. The zero-order chi connectivity index (χ0) is 14.8. The molecule has 3 rings (SSSR count). The number of esters is 1. The number of fused-ring (bicyclic) bond motifs is 1. The minimum absolute atomic E-state index is 0.00758. The Hall–Kier alpha value is -1.88. The van der Waals surface area contributed by atoms with Crippen LogP contribution in [-0.2, 0) is 9.53 Å². The van der Waals surface area contributed by atoms with Crippen molar-refractivity contribution in [2.75, 3.05) is 26.7 Å². The van der Waals surface area contributed by atoms with Gasteiger partial charge in [-0.1, -0.05) is 18.2 Å². The Labute approximate surface area is 125 Å². The predicted molar refractivity (Wildman–Crippen MR) is 82.1 cm³/mol. The summed E-state index contributed by atoms with van der Waals surface area (Å²) in [6.45, 7) is 5.27. The van der Waals surface area contributed by atoms with Crippen LogP contribution in [0.15, 0.2) is 41.1 Å². The summed E-state index contributed by atoms with van der Waals surface area (Å²) >= 11 is 0. The van der Waals surface area contributed by atoms with Crippen molar-refractivity contribution in [3.05, 3.63) is 36.1 Å². The molecule has 0 radical (unpaired) electrons. The topological polar surface area (TPSA) is 53.9 Å². The highest BCUT2D eigenvalue weighted by atomic mass is 16.5. The summed E-state index contributed by atoms with van der Waals surface area (Å²) in [6.07, 6.45) is 10.3. The number of piperazine rings is 1. The van der Waals surface area contributed by atoms with Crippen molar-refractivity contribution >= 4 is 11.7 Å². The molecule has 2 heterocycles. The highest BCUT2D eigenvalue weighted by molar-refractivity contribution is 6.41. The Bertz CT molecular complexity index is 548. The van der Waals surface area contributed by atoms with Gasteiger partial charge < -0.3 is 15.0 Å². The molecule has 0 aromatic heterocycles. The van der Waals surface area contributed by atoms with E-state index in [-0.39, 0.29) is 17.9 Å². The summed E-state index contributed by atoms with van der Waals surface area (Å²) in [4.78, 5) is 18.4. The lowest BCUT2D eigenvalue weighted by molar-refractivity contribution is -0.132. The Morgan fingerprint density at radius 3 is 3.05 bits per heavy atom. The van der Waals surface area contributed by atoms with Gasteiger partial charge in [0.1, 0.15) is 5.71 Å². The number of methoxy groups -OCH3 is 1. The Kier molecular flexibility index (Phi) is 3.92. The first-order chi connectivity index (χ1) is 10.2. The second-order valence-corrected chi connectivity index (χ2v) is 5.68. The molecule has 0 bridgehead atoms. The van der Waals surface area contributed by atoms with E-state index in [1.807, 2.05) is 6.08 Å². The van der Waals surface area contributed by atoms with E-state index in [1.165, 1.54) is 12.8 Å². The average molecular weight is 287 g/mol. The van der Waals surface area contributed by atoms with Gasteiger partial charge in [-0.2, -0.15) is 0 Å². The zero-order valence-electron chi connectivity index (χ0n) is 12.5. The second kappa shape index (κ2) is 5.85. The molecular weight excluding hydrogens is 266 g/mol. The number of ether oxygens (including phenoxy) is 1. The first-order valence-corrected chi connectivity index (χ1v) is 7.40. The third-order valence-corrected chi connectivity index (χ3v) is 4.11. The third-order valence-electron chi connectivity index (χ3n) is 4.11. The maximum Gasteiger partial charge on any atom is 0.356 e. The molecular formula is C16H21N3O2. The molecule has 3 atom stereocenters. The van der Waals surface area contributed by atoms with Crippen molar-refractivity contribution in [3.63, 3.8) is 0 Å². The summed E-state index contributed by atoms with van der Waals surface area (Å²) in [5.41, 5.74) is 1.65. The van der Waals surface area contributed by atoms with Gasteiger partial charge in [0.15, 0.2) is 0 Å². The number of allylic oxidation sites excluding steroid dienone is 1. The van der Waals surface area contributed by atoms with E-state index in [0.717, 1.165) is 19.6 Å². The number of carbonyl (C=O) groups excluding carboxylic acids is 1. The minimum atomic E-state index is -0.371. The van der Waals surface area contributed by atoms with Crippen LogP contribution in [0.1, 0.15) is 6.92 Å².